The Kier molecular flexibility index (Phi) is 4.83. The number of rotatable bonds is 2. The van der Waals surface area contributed by atoms with Crippen LogP contribution >= 0.6 is 0 Å². The normalized spacial score (nSPS) is 24.2. The Hall–Kier alpha value is -2.83. The Morgan fingerprint density at radius 2 is 2.00 bits per heavy atom. The maximum atomic E-state index is 13.1. The van der Waals surface area contributed by atoms with Gasteiger partial charge in [0, 0.05) is 38.3 Å². The van der Waals surface area contributed by atoms with Gasteiger partial charge in [-0.15, -0.1) is 0 Å². The Morgan fingerprint density at radius 1 is 1.25 bits per heavy atom. The number of nitrogens with zero attached hydrogens (tertiary/aromatic N) is 3. The first kappa shape index (κ1) is 18.5. The fourth-order valence-corrected chi connectivity index (χ4v) is 4.33. The Labute approximate surface area is 164 Å². The second-order valence-corrected chi connectivity index (χ2v) is 7.89. The summed E-state index contributed by atoms with van der Waals surface area (Å²) in [4.78, 5) is 28.5. The summed E-state index contributed by atoms with van der Waals surface area (Å²) in [7, 11) is 1.86. The van der Waals surface area contributed by atoms with E-state index in [1.54, 1.807) is 19.2 Å². The third kappa shape index (κ3) is 3.48. The molecule has 0 bridgehead atoms. The summed E-state index contributed by atoms with van der Waals surface area (Å²) in [5.41, 5.74) is 1.06. The number of carbonyl (C=O) groups is 2. The minimum absolute atomic E-state index is 0.0693. The van der Waals surface area contributed by atoms with E-state index < -0.39 is 5.60 Å². The molecular formula is C21H26N4O3. The second-order valence-electron chi connectivity index (χ2n) is 7.89. The van der Waals surface area contributed by atoms with Gasteiger partial charge in [-0.25, -0.2) is 0 Å². The third-order valence-corrected chi connectivity index (χ3v) is 6.07. The molecule has 0 atom stereocenters. The maximum Gasteiger partial charge on any atom is 0.272 e. The lowest BCUT2D eigenvalue weighted by atomic mass is 9.81. The van der Waals surface area contributed by atoms with Gasteiger partial charge in [0.25, 0.3) is 5.91 Å². The molecular weight excluding hydrogens is 356 g/mol. The van der Waals surface area contributed by atoms with Gasteiger partial charge in [-0.3, -0.25) is 14.7 Å². The molecule has 0 saturated heterocycles. The van der Waals surface area contributed by atoms with Crippen molar-refractivity contribution in [3.05, 3.63) is 47.8 Å². The molecule has 1 aliphatic heterocycles. The van der Waals surface area contributed by atoms with Crippen molar-refractivity contribution in [3.63, 3.8) is 0 Å². The first-order valence-corrected chi connectivity index (χ1v) is 9.76. The van der Waals surface area contributed by atoms with Crippen molar-refractivity contribution in [3.8, 4) is 5.75 Å². The lowest BCUT2D eigenvalue weighted by Gasteiger charge is -2.43. The van der Waals surface area contributed by atoms with Crippen molar-refractivity contribution in [1.29, 1.82) is 0 Å². The molecule has 4 rings (SSSR count). The summed E-state index contributed by atoms with van der Waals surface area (Å²) >= 11 is 0. The summed E-state index contributed by atoms with van der Waals surface area (Å²) < 4.78 is 6.55. The van der Waals surface area contributed by atoms with Gasteiger partial charge in [-0.05, 0) is 37.8 Å². The van der Waals surface area contributed by atoms with Gasteiger partial charge in [0.2, 0.25) is 5.91 Å². The zero-order chi connectivity index (χ0) is 19.7. The highest BCUT2D eigenvalue weighted by atomic mass is 16.5. The highest BCUT2D eigenvalue weighted by Crippen LogP contribution is 2.39. The van der Waals surface area contributed by atoms with E-state index in [0.29, 0.717) is 18.8 Å². The van der Waals surface area contributed by atoms with E-state index in [-0.39, 0.29) is 17.9 Å². The van der Waals surface area contributed by atoms with Crippen LogP contribution in [-0.2, 0) is 11.3 Å². The molecule has 1 fully saturated rings. The molecule has 1 spiro atoms. The summed E-state index contributed by atoms with van der Waals surface area (Å²) in [6, 6.07) is 9.85. The minimum Gasteiger partial charge on any atom is -0.485 e. The van der Waals surface area contributed by atoms with Crippen molar-refractivity contribution < 1.29 is 14.3 Å². The molecule has 2 aromatic rings. The largest absolute Gasteiger partial charge is 0.485 e. The van der Waals surface area contributed by atoms with Crippen molar-refractivity contribution in [2.75, 3.05) is 13.6 Å². The number of nitrogens with one attached hydrogen (secondary N) is 1. The number of hydrogen-bond donors (Lipinski definition) is 1. The number of benzene rings is 1. The zero-order valence-corrected chi connectivity index (χ0v) is 16.4. The van der Waals surface area contributed by atoms with Crippen LogP contribution in [0.3, 0.4) is 0 Å². The van der Waals surface area contributed by atoms with Crippen LogP contribution in [0.15, 0.2) is 36.5 Å². The summed E-state index contributed by atoms with van der Waals surface area (Å²) in [5.74, 6) is 0.866. The van der Waals surface area contributed by atoms with Gasteiger partial charge in [0.15, 0.2) is 0 Å². The number of hydrogen-bond acceptors (Lipinski definition) is 4. The van der Waals surface area contributed by atoms with E-state index in [1.165, 1.54) is 0 Å². The molecule has 1 N–H and O–H groups in total. The van der Waals surface area contributed by atoms with Gasteiger partial charge >= 0.3 is 0 Å². The average Bonchev–Trinajstić information content (AvgIpc) is 3.18. The van der Waals surface area contributed by atoms with Crippen molar-refractivity contribution in [2.45, 2.75) is 50.8 Å². The van der Waals surface area contributed by atoms with Crippen molar-refractivity contribution in [1.82, 2.24) is 20.0 Å². The summed E-state index contributed by atoms with van der Waals surface area (Å²) in [6.45, 7) is 2.64. The van der Waals surface area contributed by atoms with E-state index in [1.807, 2.05) is 41.1 Å². The van der Waals surface area contributed by atoms with Crippen molar-refractivity contribution >= 4 is 11.8 Å². The number of ether oxygens (including phenoxy) is 1. The predicted molar refractivity (Wildman–Crippen MR) is 104 cm³/mol. The van der Waals surface area contributed by atoms with Crippen LogP contribution in [0.5, 0.6) is 5.75 Å². The number of amides is 2. The highest BCUT2D eigenvalue weighted by molar-refractivity contribution is 5.92. The van der Waals surface area contributed by atoms with Crippen LogP contribution < -0.4 is 4.74 Å². The molecule has 28 heavy (non-hydrogen) atoms. The molecule has 2 aliphatic rings. The van der Waals surface area contributed by atoms with Crippen LogP contribution in [-0.4, -0.2) is 57.0 Å². The number of fused-ring (bicyclic) bond motifs is 1. The number of para-hydroxylation sites is 1. The predicted octanol–water partition coefficient (Wildman–Crippen LogP) is 2.60. The van der Waals surface area contributed by atoms with E-state index in [9.17, 15) is 9.59 Å². The standard InChI is InChI=1S/C21H26N4O3/c1-15(26)24(2)17-7-10-21(11-8-17)14-25(20(27)18-9-12-22-23-18)13-16-5-3-4-6-19(16)28-21/h3-6,9,12,17H,7-8,10-11,13-14H2,1-2H3,(H,22,23). The first-order valence-electron chi connectivity index (χ1n) is 9.76. The van der Waals surface area contributed by atoms with Crippen LogP contribution in [0.1, 0.15) is 48.7 Å². The third-order valence-electron chi connectivity index (χ3n) is 6.07. The topological polar surface area (TPSA) is 78.5 Å². The molecule has 0 radical (unpaired) electrons. The maximum absolute atomic E-state index is 13.1. The molecule has 1 aromatic carbocycles. The van der Waals surface area contributed by atoms with E-state index in [0.717, 1.165) is 37.0 Å². The molecule has 2 amide bonds. The second kappa shape index (κ2) is 7.30. The quantitative estimate of drug-likeness (QED) is 0.866. The van der Waals surface area contributed by atoms with Gasteiger partial charge in [-0.2, -0.15) is 5.10 Å². The molecule has 7 heteroatoms. The van der Waals surface area contributed by atoms with Crippen LogP contribution in [0.2, 0.25) is 0 Å². The number of carbonyl (C=O) groups excluding carboxylic acids is 2. The van der Waals surface area contributed by atoms with Gasteiger partial charge in [-0.1, -0.05) is 18.2 Å². The fraction of sp³-hybridized carbons (Fsp3) is 0.476. The molecule has 1 saturated carbocycles. The summed E-state index contributed by atoms with van der Waals surface area (Å²) in [6.07, 6.45) is 4.93. The van der Waals surface area contributed by atoms with E-state index >= 15 is 0 Å². The van der Waals surface area contributed by atoms with Gasteiger partial charge in [0.05, 0.1) is 6.54 Å². The lowest BCUT2D eigenvalue weighted by Crippen LogP contribution is -2.52. The SMILES string of the molecule is CC(=O)N(C)C1CCC2(CC1)CN(C(=O)c1ccn[nH]1)Cc1ccccc1O2. The van der Waals surface area contributed by atoms with Crippen LogP contribution in [0, 0.1) is 0 Å². The van der Waals surface area contributed by atoms with Gasteiger partial charge < -0.3 is 14.5 Å². The lowest BCUT2D eigenvalue weighted by molar-refractivity contribution is -0.131. The Bertz CT molecular complexity index is 856. The Balaban J connectivity index is 1.60. The molecule has 1 aliphatic carbocycles. The van der Waals surface area contributed by atoms with Gasteiger partial charge in [0.1, 0.15) is 17.0 Å². The molecule has 1 aromatic heterocycles. The number of aromatic nitrogens is 2. The molecule has 7 nitrogen and oxygen atoms in total. The molecule has 0 unspecified atom stereocenters. The van der Waals surface area contributed by atoms with Crippen molar-refractivity contribution in [2.24, 2.45) is 0 Å². The smallest absolute Gasteiger partial charge is 0.272 e. The highest BCUT2D eigenvalue weighted by Gasteiger charge is 2.43. The Morgan fingerprint density at radius 3 is 2.68 bits per heavy atom. The van der Waals surface area contributed by atoms with Crippen LogP contribution in [0.25, 0.3) is 0 Å². The number of H-pyrrole nitrogens is 1. The summed E-state index contributed by atoms with van der Waals surface area (Å²) in [5, 5.41) is 6.69. The molecule has 2 heterocycles. The first-order chi connectivity index (χ1) is 13.5. The van der Waals surface area contributed by atoms with E-state index in [4.69, 9.17) is 4.74 Å². The zero-order valence-electron chi connectivity index (χ0n) is 16.4. The average molecular weight is 382 g/mol. The van der Waals surface area contributed by atoms with Crippen LogP contribution in [0.4, 0.5) is 0 Å². The number of aromatic amines is 1. The monoisotopic (exact) mass is 382 g/mol. The molecule has 148 valence electrons. The fourth-order valence-electron chi connectivity index (χ4n) is 4.33. The minimum atomic E-state index is -0.434. The van der Waals surface area contributed by atoms with E-state index in [2.05, 4.69) is 10.2 Å².